The average Bonchev–Trinajstić information content (AvgIpc) is 2.27. The summed E-state index contributed by atoms with van der Waals surface area (Å²) in [7, 11) is 0. The van der Waals surface area contributed by atoms with Crippen LogP contribution in [0.4, 0.5) is 0 Å². The smallest absolute Gasteiger partial charge is 0.213 e. The normalized spacial score (nSPS) is 12.8. The van der Waals surface area contributed by atoms with Crippen LogP contribution in [-0.2, 0) is 6.54 Å². The summed E-state index contributed by atoms with van der Waals surface area (Å²) in [4.78, 5) is 4.32. The monoisotopic (exact) mass is 236 g/mol. The lowest BCUT2D eigenvalue weighted by Gasteiger charge is -2.15. The summed E-state index contributed by atoms with van der Waals surface area (Å²) in [5.74, 6) is 1.37. The summed E-state index contributed by atoms with van der Waals surface area (Å²) in [6, 6.07) is 4.01. The minimum atomic E-state index is 0.224. The fourth-order valence-corrected chi connectivity index (χ4v) is 1.77. The Labute approximate surface area is 105 Å². The number of hydrogen-bond acceptors (Lipinski definition) is 3. The zero-order valence-electron chi connectivity index (χ0n) is 11.4. The van der Waals surface area contributed by atoms with Gasteiger partial charge in [-0.2, -0.15) is 0 Å². The maximum atomic E-state index is 5.75. The zero-order chi connectivity index (χ0) is 12.7. The van der Waals surface area contributed by atoms with Gasteiger partial charge in [0.1, 0.15) is 0 Å². The Bertz CT molecular complexity index is 309. The maximum absolute atomic E-state index is 5.75. The van der Waals surface area contributed by atoms with Gasteiger partial charge in [-0.15, -0.1) is 0 Å². The summed E-state index contributed by atoms with van der Waals surface area (Å²) in [6.07, 6.45) is 3.16. The van der Waals surface area contributed by atoms with E-state index in [-0.39, 0.29) is 6.10 Å². The Morgan fingerprint density at radius 2 is 2.06 bits per heavy atom. The largest absolute Gasteiger partial charge is 0.475 e. The molecule has 1 aromatic rings. The molecule has 0 fully saturated rings. The molecule has 3 nitrogen and oxygen atoms in total. The number of hydrogen-bond donors (Lipinski definition) is 1. The third-order valence-corrected chi connectivity index (χ3v) is 2.50. The van der Waals surface area contributed by atoms with E-state index in [9.17, 15) is 0 Å². The van der Waals surface area contributed by atoms with Crippen LogP contribution in [0, 0.1) is 5.92 Å². The molecule has 1 N–H and O–H groups in total. The van der Waals surface area contributed by atoms with Crippen molar-refractivity contribution in [1.82, 2.24) is 10.3 Å². The molecule has 0 spiro atoms. The summed E-state index contributed by atoms with van der Waals surface area (Å²) in [6.45, 7) is 10.4. The van der Waals surface area contributed by atoms with Gasteiger partial charge >= 0.3 is 0 Å². The van der Waals surface area contributed by atoms with Crippen LogP contribution in [-0.4, -0.2) is 17.6 Å². The molecule has 0 aliphatic heterocycles. The molecule has 1 unspecified atom stereocenters. The van der Waals surface area contributed by atoms with Crippen LogP contribution in [0.3, 0.4) is 0 Å². The van der Waals surface area contributed by atoms with E-state index in [1.807, 2.05) is 12.3 Å². The van der Waals surface area contributed by atoms with Gasteiger partial charge in [0, 0.05) is 18.8 Å². The van der Waals surface area contributed by atoms with E-state index in [0.29, 0.717) is 5.92 Å². The van der Waals surface area contributed by atoms with Gasteiger partial charge in [-0.1, -0.05) is 26.8 Å². The second-order valence-electron chi connectivity index (χ2n) is 4.84. The van der Waals surface area contributed by atoms with E-state index in [1.54, 1.807) is 0 Å². The van der Waals surface area contributed by atoms with E-state index in [1.165, 1.54) is 5.56 Å². The number of ether oxygens (including phenoxy) is 1. The van der Waals surface area contributed by atoms with Gasteiger partial charge in [0.15, 0.2) is 0 Å². The molecule has 0 aliphatic rings. The van der Waals surface area contributed by atoms with Crippen LogP contribution in [0.25, 0.3) is 0 Å². The summed E-state index contributed by atoms with van der Waals surface area (Å²) in [5.41, 5.74) is 1.19. The molecule has 1 aromatic heterocycles. The molecule has 1 rings (SSSR count). The molecule has 0 amide bonds. The SMILES string of the molecule is CCNCc1ccc(OC(C)CC(C)C)nc1. The Balaban J connectivity index is 2.44. The molecule has 0 radical (unpaired) electrons. The molecular formula is C14H24N2O. The predicted molar refractivity (Wildman–Crippen MR) is 71.2 cm³/mol. The first-order chi connectivity index (χ1) is 8.11. The second-order valence-corrected chi connectivity index (χ2v) is 4.84. The molecule has 17 heavy (non-hydrogen) atoms. The van der Waals surface area contributed by atoms with Crippen molar-refractivity contribution in [2.45, 2.75) is 46.8 Å². The highest BCUT2D eigenvalue weighted by Crippen LogP contribution is 2.13. The van der Waals surface area contributed by atoms with Gasteiger partial charge in [-0.3, -0.25) is 0 Å². The van der Waals surface area contributed by atoms with E-state index < -0.39 is 0 Å². The van der Waals surface area contributed by atoms with Crippen molar-refractivity contribution >= 4 is 0 Å². The van der Waals surface area contributed by atoms with Gasteiger partial charge in [0.2, 0.25) is 5.88 Å². The molecule has 0 saturated carbocycles. The highest BCUT2D eigenvalue weighted by molar-refractivity contribution is 5.17. The van der Waals surface area contributed by atoms with Gasteiger partial charge in [-0.25, -0.2) is 4.98 Å². The molecule has 96 valence electrons. The number of rotatable bonds is 7. The fraction of sp³-hybridized carbons (Fsp3) is 0.643. The second kappa shape index (κ2) is 7.28. The number of aromatic nitrogens is 1. The van der Waals surface area contributed by atoms with Gasteiger partial charge in [0.05, 0.1) is 6.10 Å². The average molecular weight is 236 g/mol. The lowest BCUT2D eigenvalue weighted by atomic mass is 10.1. The van der Waals surface area contributed by atoms with E-state index in [0.717, 1.165) is 25.4 Å². The Kier molecular flexibility index (Phi) is 5.98. The molecule has 0 bridgehead atoms. The van der Waals surface area contributed by atoms with Crippen LogP contribution in [0.15, 0.2) is 18.3 Å². The maximum Gasteiger partial charge on any atom is 0.213 e. The molecule has 0 aromatic carbocycles. The molecule has 1 atom stereocenters. The van der Waals surface area contributed by atoms with E-state index >= 15 is 0 Å². The van der Waals surface area contributed by atoms with E-state index in [2.05, 4.69) is 44.1 Å². The molecule has 0 saturated heterocycles. The standard InChI is InChI=1S/C14H24N2O/c1-5-15-9-13-6-7-14(16-10-13)17-12(4)8-11(2)3/h6-7,10-12,15H,5,8-9H2,1-4H3. The first kappa shape index (κ1) is 14.0. The van der Waals surface area contributed by atoms with Crippen LogP contribution in [0.2, 0.25) is 0 Å². The third-order valence-electron chi connectivity index (χ3n) is 2.50. The molecule has 1 heterocycles. The lowest BCUT2D eigenvalue weighted by Crippen LogP contribution is -2.15. The fourth-order valence-electron chi connectivity index (χ4n) is 1.77. The minimum Gasteiger partial charge on any atom is -0.475 e. The van der Waals surface area contributed by atoms with Crippen molar-refractivity contribution in [1.29, 1.82) is 0 Å². The Morgan fingerprint density at radius 1 is 1.29 bits per heavy atom. The van der Waals surface area contributed by atoms with Crippen molar-refractivity contribution < 1.29 is 4.74 Å². The van der Waals surface area contributed by atoms with Gasteiger partial charge < -0.3 is 10.1 Å². The van der Waals surface area contributed by atoms with E-state index in [4.69, 9.17) is 4.74 Å². The first-order valence-electron chi connectivity index (χ1n) is 6.44. The van der Waals surface area contributed by atoms with Crippen molar-refractivity contribution in [2.75, 3.05) is 6.54 Å². The lowest BCUT2D eigenvalue weighted by molar-refractivity contribution is 0.185. The van der Waals surface area contributed by atoms with Crippen LogP contribution < -0.4 is 10.1 Å². The number of nitrogens with one attached hydrogen (secondary N) is 1. The highest BCUT2D eigenvalue weighted by Gasteiger charge is 2.07. The van der Waals surface area contributed by atoms with Gasteiger partial charge in [0.25, 0.3) is 0 Å². The molecular weight excluding hydrogens is 212 g/mol. The Hall–Kier alpha value is -1.09. The minimum absolute atomic E-state index is 0.224. The van der Waals surface area contributed by atoms with Crippen LogP contribution >= 0.6 is 0 Å². The number of nitrogens with zero attached hydrogens (tertiary/aromatic N) is 1. The quantitative estimate of drug-likeness (QED) is 0.790. The summed E-state index contributed by atoms with van der Waals surface area (Å²) in [5, 5.41) is 3.27. The van der Waals surface area contributed by atoms with Crippen LogP contribution in [0.5, 0.6) is 5.88 Å². The predicted octanol–water partition coefficient (Wildman–Crippen LogP) is 3.00. The number of pyridine rings is 1. The van der Waals surface area contributed by atoms with Crippen molar-refractivity contribution in [3.05, 3.63) is 23.9 Å². The topological polar surface area (TPSA) is 34.1 Å². The third kappa shape index (κ3) is 5.68. The van der Waals surface area contributed by atoms with Crippen LogP contribution in [0.1, 0.15) is 39.7 Å². The first-order valence-corrected chi connectivity index (χ1v) is 6.44. The van der Waals surface area contributed by atoms with Crippen molar-refractivity contribution in [2.24, 2.45) is 5.92 Å². The Morgan fingerprint density at radius 3 is 2.59 bits per heavy atom. The summed E-state index contributed by atoms with van der Waals surface area (Å²) < 4.78 is 5.75. The molecule has 3 heteroatoms. The van der Waals surface area contributed by atoms with Gasteiger partial charge in [-0.05, 0) is 31.4 Å². The molecule has 0 aliphatic carbocycles. The zero-order valence-corrected chi connectivity index (χ0v) is 11.4. The van der Waals surface area contributed by atoms with Crippen molar-refractivity contribution in [3.63, 3.8) is 0 Å². The summed E-state index contributed by atoms with van der Waals surface area (Å²) >= 11 is 0. The highest BCUT2D eigenvalue weighted by atomic mass is 16.5. The van der Waals surface area contributed by atoms with Crippen molar-refractivity contribution in [3.8, 4) is 5.88 Å².